The summed E-state index contributed by atoms with van der Waals surface area (Å²) in [5.41, 5.74) is 3.25. The molecule has 0 aliphatic carbocycles. The summed E-state index contributed by atoms with van der Waals surface area (Å²) in [4.78, 5) is 0. The van der Waals surface area contributed by atoms with E-state index < -0.39 is 0 Å². The van der Waals surface area contributed by atoms with E-state index in [9.17, 15) is 0 Å². The summed E-state index contributed by atoms with van der Waals surface area (Å²) in [6.07, 6.45) is 1.82. The average Bonchev–Trinajstić information content (AvgIpc) is 2.94. The number of aromatic amines is 1. The molecule has 0 aliphatic heterocycles. The summed E-state index contributed by atoms with van der Waals surface area (Å²) in [6, 6.07) is 14.3. The predicted molar refractivity (Wildman–Crippen MR) is 81.0 cm³/mol. The third-order valence-corrected chi connectivity index (χ3v) is 3.20. The molecule has 0 spiro atoms. The first-order valence-electron chi connectivity index (χ1n) is 6.74. The predicted octanol–water partition coefficient (Wildman–Crippen LogP) is 3.57. The number of H-pyrrole nitrogens is 1. The van der Waals surface area contributed by atoms with Crippen molar-refractivity contribution in [3.63, 3.8) is 0 Å². The van der Waals surface area contributed by atoms with E-state index in [-0.39, 0.29) is 0 Å². The van der Waals surface area contributed by atoms with Crippen LogP contribution in [-0.2, 0) is 6.54 Å². The maximum absolute atomic E-state index is 5.63. The maximum Gasteiger partial charge on any atom is 0.124 e. The molecule has 1 heterocycles. The zero-order valence-electron chi connectivity index (χ0n) is 11.4. The number of nitrogens with zero attached hydrogens (tertiary/aromatic N) is 1. The van der Waals surface area contributed by atoms with Gasteiger partial charge in [0.25, 0.3) is 0 Å². The molecule has 102 valence electrons. The van der Waals surface area contributed by atoms with Gasteiger partial charge >= 0.3 is 0 Å². The summed E-state index contributed by atoms with van der Waals surface area (Å²) >= 11 is 0. The topological polar surface area (TPSA) is 49.9 Å². The standard InChI is InChI=1S/C16H17N3O/c1-2-20-16-6-4-3-5-13(16)10-17-14-8-7-12-11-18-19-15(12)9-14/h3-9,11,17H,2,10H2,1H3,(H,18,19). The third-order valence-electron chi connectivity index (χ3n) is 3.20. The second-order valence-electron chi connectivity index (χ2n) is 4.57. The van der Waals surface area contributed by atoms with E-state index in [2.05, 4.69) is 39.8 Å². The van der Waals surface area contributed by atoms with Crippen LogP contribution in [-0.4, -0.2) is 16.8 Å². The normalized spacial score (nSPS) is 10.7. The van der Waals surface area contributed by atoms with E-state index in [0.29, 0.717) is 6.61 Å². The Morgan fingerprint density at radius 2 is 2.10 bits per heavy atom. The minimum absolute atomic E-state index is 0.678. The lowest BCUT2D eigenvalue weighted by atomic mass is 10.2. The Balaban J connectivity index is 1.75. The van der Waals surface area contributed by atoms with Crippen molar-refractivity contribution in [3.05, 3.63) is 54.2 Å². The average molecular weight is 267 g/mol. The lowest BCUT2D eigenvalue weighted by Crippen LogP contribution is -2.03. The van der Waals surface area contributed by atoms with Gasteiger partial charge in [0.1, 0.15) is 5.75 Å². The number of hydrogen-bond acceptors (Lipinski definition) is 3. The van der Waals surface area contributed by atoms with E-state index in [4.69, 9.17) is 4.74 Å². The number of hydrogen-bond donors (Lipinski definition) is 2. The Bertz CT molecular complexity index is 706. The van der Waals surface area contributed by atoms with E-state index in [0.717, 1.165) is 34.4 Å². The number of rotatable bonds is 5. The number of fused-ring (bicyclic) bond motifs is 1. The van der Waals surface area contributed by atoms with Crippen LogP contribution in [0.15, 0.2) is 48.7 Å². The van der Waals surface area contributed by atoms with E-state index >= 15 is 0 Å². The highest BCUT2D eigenvalue weighted by Crippen LogP contribution is 2.21. The van der Waals surface area contributed by atoms with Crippen LogP contribution in [0.5, 0.6) is 5.75 Å². The fraction of sp³-hybridized carbons (Fsp3) is 0.188. The molecule has 3 rings (SSSR count). The van der Waals surface area contributed by atoms with Crippen molar-refractivity contribution in [2.45, 2.75) is 13.5 Å². The van der Waals surface area contributed by atoms with E-state index in [1.807, 2.05) is 31.3 Å². The number of para-hydroxylation sites is 1. The first kappa shape index (κ1) is 12.5. The van der Waals surface area contributed by atoms with Gasteiger partial charge < -0.3 is 10.1 Å². The monoisotopic (exact) mass is 267 g/mol. The minimum atomic E-state index is 0.678. The van der Waals surface area contributed by atoms with Gasteiger partial charge in [-0.25, -0.2) is 0 Å². The summed E-state index contributed by atoms with van der Waals surface area (Å²) in [6.45, 7) is 3.41. The molecule has 3 aromatic rings. The molecular weight excluding hydrogens is 250 g/mol. The summed E-state index contributed by atoms with van der Waals surface area (Å²) < 4.78 is 5.63. The molecular formula is C16H17N3O. The molecule has 20 heavy (non-hydrogen) atoms. The fourth-order valence-corrected chi connectivity index (χ4v) is 2.19. The number of aromatic nitrogens is 2. The van der Waals surface area contributed by atoms with Gasteiger partial charge in [-0.05, 0) is 31.2 Å². The molecule has 0 saturated heterocycles. The fourth-order valence-electron chi connectivity index (χ4n) is 2.19. The van der Waals surface area contributed by atoms with Crippen LogP contribution in [0, 0.1) is 0 Å². The van der Waals surface area contributed by atoms with Gasteiger partial charge in [0.05, 0.1) is 18.3 Å². The van der Waals surface area contributed by atoms with Crippen LogP contribution in [0.25, 0.3) is 10.9 Å². The summed E-state index contributed by atoms with van der Waals surface area (Å²) in [5, 5.41) is 11.5. The first-order valence-corrected chi connectivity index (χ1v) is 6.74. The number of anilines is 1. The van der Waals surface area contributed by atoms with Crippen molar-refractivity contribution < 1.29 is 4.74 Å². The van der Waals surface area contributed by atoms with Crippen LogP contribution in [0.2, 0.25) is 0 Å². The molecule has 2 N–H and O–H groups in total. The Kier molecular flexibility index (Phi) is 3.54. The molecule has 0 saturated carbocycles. The Morgan fingerprint density at radius 1 is 1.20 bits per heavy atom. The van der Waals surface area contributed by atoms with E-state index in [1.165, 1.54) is 0 Å². The first-order chi connectivity index (χ1) is 9.86. The quantitative estimate of drug-likeness (QED) is 0.743. The van der Waals surface area contributed by atoms with Gasteiger partial charge in [-0.2, -0.15) is 5.10 Å². The molecule has 0 unspecified atom stereocenters. The number of nitrogens with one attached hydrogen (secondary N) is 2. The Morgan fingerprint density at radius 3 is 3.00 bits per heavy atom. The van der Waals surface area contributed by atoms with E-state index in [1.54, 1.807) is 0 Å². The molecule has 4 heteroatoms. The van der Waals surface area contributed by atoms with Crippen LogP contribution in [0.4, 0.5) is 5.69 Å². The molecule has 0 fully saturated rings. The lowest BCUT2D eigenvalue weighted by Gasteiger charge is -2.11. The van der Waals surface area contributed by atoms with Crippen molar-refractivity contribution in [2.24, 2.45) is 0 Å². The van der Waals surface area contributed by atoms with Gasteiger partial charge in [-0.1, -0.05) is 18.2 Å². The smallest absolute Gasteiger partial charge is 0.124 e. The van der Waals surface area contributed by atoms with Crippen LogP contribution in [0.3, 0.4) is 0 Å². The molecule has 0 atom stereocenters. The molecule has 4 nitrogen and oxygen atoms in total. The minimum Gasteiger partial charge on any atom is -0.494 e. The maximum atomic E-state index is 5.63. The Hall–Kier alpha value is -2.49. The van der Waals surface area contributed by atoms with Crippen LogP contribution >= 0.6 is 0 Å². The van der Waals surface area contributed by atoms with Gasteiger partial charge in [0, 0.05) is 23.2 Å². The van der Waals surface area contributed by atoms with Crippen molar-refractivity contribution in [1.82, 2.24) is 10.2 Å². The zero-order chi connectivity index (χ0) is 13.8. The zero-order valence-corrected chi connectivity index (χ0v) is 11.4. The largest absolute Gasteiger partial charge is 0.494 e. The van der Waals surface area contributed by atoms with Crippen molar-refractivity contribution in [2.75, 3.05) is 11.9 Å². The third kappa shape index (κ3) is 2.59. The van der Waals surface area contributed by atoms with Gasteiger partial charge in [-0.15, -0.1) is 0 Å². The molecule has 0 bridgehead atoms. The Labute approximate surface area is 117 Å². The molecule has 1 aromatic heterocycles. The SMILES string of the molecule is CCOc1ccccc1CNc1ccc2cn[nH]c2c1. The lowest BCUT2D eigenvalue weighted by molar-refractivity contribution is 0.337. The molecule has 0 aliphatic rings. The van der Waals surface area contributed by atoms with Gasteiger partial charge in [0.15, 0.2) is 0 Å². The summed E-state index contributed by atoms with van der Waals surface area (Å²) in [7, 11) is 0. The van der Waals surface area contributed by atoms with Crippen LogP contribution in [0.1, 0.15) is 12.5 Å². The highest BCUT2D eigenvalue weighted by atomic mass is 16.5. The van der Waals surface area contributed by atoms with Crippen molar-refractivity contribution >= 4 is 16.6 Å². The number of ether oxygens (including phenoxy) is 1. The van der Waals surface area contributed by atoms with Gasteiger partial charge in [0.2, 0.25) is 0 Å². The second kappa shape index (κ2) is 5.65. The van der Waals surface area contributed by atoms with Gasteiger partial charge in [-0.3, -0.25) is 5.10 Å². The number of benzene rings is 2. The second-order valence-corrected chi connectivity index (χ2v) is 4.57. The van der Waals surface area contributed by atoms with Crippen LogP contribution < -0.4 is 10.1 Å². The highest BCUT2D eigenvalue weighted by molar-refractivity contribution is 5.81. The van der Waals surface area contributed by atoms with Crippen molar-refractivity contribution in [3.8, 4) is 5.75 Å². The molecule has 2 aromatic carbocycles. The highest BCUT2D eigenvalue weighted by Gasteiger charge is 2.03. The summed E-state index contributed by atoms with van der Waals surface area (Å²) in [5.74, 6) is 0.935. The molecule has 0 radical (unpaired) electrons. The van der Waals surface area contributed by atoms with Crippen molar-refractivity contribution in [1.29, 1.82) is 0 Å². The molecule has 0 amide bonds.